The van der Waals surface area contributed by atoms with E-state index in [4.69, 9.17) is 4.74 Å². The smallest absolute Gasteiger partial charge is 0.249 e. The van der Waals surface area contributed by atoms with Crippen molar-refractivity contribution < 1.29 is 13.9 Å². The van der Waals surface area contributed by atoms with Crippen molar-refractivity contribution >= 4 is 5.91 Å². The van der Waals surface area contributed by atoms with Gasteiger partial charge in [0.25, 0.3) is 0 Å². The molecule has 0 atom stereocenters. The number of amides is 1. The lowest BCUT2D eigenvalue weighted by Crippen LogP contribution is -2.59. The van der Waals surface area contributed by atoms with E-state index >= 15 is 0 Å². The first-order valence-electron chi connectivity index (χ1n) is 7.45. The molecule has 1 amide bonds. The minimum atomic E-state index is -0.257. The monoisotopic (exact) mass is 292 g/mol. The number of carbonyl (C=O) groups is 1. The molecule has 0 bridgehead atoms. The van der Waals surface area contributed by atoms with E-state index in [-0.39, 0.29) is 30.0 Å². The summed E-state index contributed by atoms with van der Waals surface area (Å²) in [5.74, 6) is -0.305. The van der Waals surface area contributed by atoms with E-state index in [9.17, 15) is 9.18 Å². The van der Waals surface area contributed by atoms with E-state index in [2.05, 4.69) is 5.32 Å². The molecular weight excluding hydrogens is 271 g/mol. The number of hydrogen-bond acceptors (Lipinski definition) is 3. The zero-order chi connectivity index (χ0) is 14.9. The Balaban J connectivity index is 1.61. The van der Waals surface area contributed by atoms with Crippen LogP contribution in [-0.2, 0) is 16.1 Å². The van der Waals surface area contributed by atoms with Crippen LogP contribution in [-0.4, -0.2) is 42.1 Å². The van der Waals surface area contributed by atoms with E-state index < -0.39 is 0 Å². The van der Waals surface area contributed by atoms with E-state index in [1.807, 2.05) is 6.92 Å². The molecule has 0 spiro atoms. The molecule has 21 heavy (non-hydrogen) atoms. The lowest BCUT2D eigenvalue weighted by atomic mass is 10.0. The number of ether oxygens (including phenoxy) is 1. The molecule has 1 saturated heterocycles. The third-order valence-electron chi connectivity index (χ3n) is 4.15. The lowest BCUT2D eigenvalue weighted by molar-refractivity contribution is -0.147. The van der Waals surface area contributed by atoms with Gasteiger partial charge in [-0.3, -0.25) is 4.79 Å². The van der Waals surface area contributed by atoms with Crippen LogP contribution in [0.25, 0.3) is 0 Å². The molecular formula is C16H21FN2O2. The lowest BCUT2D eigenvalue weighted by Gasteiger charge is -2.39. The minimum absolute atomic E-state index is 0.0473. The molecule has 1 aliphatic heterocycles. The SMILES string of the molecule is CC1(OCC(=O)N(Cc2ccccc2F)C2CC2)CNC1. The summed E-state index contributed by atoms with van der Waals surface area (Å²) in [6.45, 7) is 3.95. The summed E-state index contributed by atoms with van der Waals surface area (Å²) in [5.41, 5.74) is 0.331. The van der Waals surface area contributed by atoms with Gasteiger partial charge in [0, 0.05) is 31.2 Å². The van der Waals surface area contributed by atoms with Gasteiger partial charge >= 0.3 is 0 Å². The van der Waals surface area contributed by atoms with Crippen LogP contribution >= 0.6 is 0 Å². The minimum Gasteiger partial charge on any atom is -0.363 e. The summed E-state index contributed by atoms with van der Waals surface area (Å²) >= 11 is 0. The Morgan fingerprint density at radius 3 is 2.71 bits per heavy atom. The maximum Gasteiger partial charge on any atom is 0.249 e. The molecule has 1 N–H and O–H groups in total. The van der Waals surface area contributed by atoms with Crippen molar-refractivity contribution in [2.45, 2.75) is 38.0 Å². The van der Waals surface area contributed by atoms with E-state index in [0.29, 0.717) is 12.1 Å². The number of hydrogen-bond donors (Lipinski definition) is 1. The van der Waals surface area contributed by atoms with Gasteiger partial charge in [0.15, 0.2) is 0 Å². The number of nitrogens with one attached hydrogen (secondary N) is 1. The van der Waals surface area contributed by atoms with E-state index in [1.165, 1.54) is 6.07 Å². The third-order valence-corrected chi connectivity index (χ3v) is 4.15. The first-order chi connectivity index (χ1) is 10.1. The van der Waals surface area contributed by atoms with Gasteiger partial charge < -0.3 is 15.0 Å². The second kappa shape index (κ2) is 5.73. The fourth-order valence-corrected chi connectivity index (χ4v) is 2.52. The number of nitrogens with zero attached hydrogens (tertiary/aromatic N) is 1. The Morgan fingerprint density at radius 2 is 2.14 bits per heavy atom. The third kappa shape index (κ3) is 3.41. The molecule has 5 heteroatoms. The number of benzene rings is 1. The van der Waals surface area contributed by atoms with Crippen LogP contribution in [0.15, 0.2) is 24.3 Å². The van der Waals surface area contributed by atoms with Crippen LogP contribution in [0.4, 0.5) is 4.39 Å². The van der Waals surface area contributed by atoms with Crippen molar-refractivity contribution in [1.82, 2.24) is 10.2 Å². The van der Waals surface area contributed by atoms with E-state index in [1.54, 1.807) is 23.1 Å². The second-order valence-corrected chi connectivity index (χ2v) is 6.19. The maximum atomic E-state index is 13.8. The summed E-state index contributed by atoms with van der Waals surface area (Å²) in [5, 5.41) is 3.14. The van der Waals surface area contributed by atoms with Crippen LogP contribution in [0, 0.1) is 5.82 Å². The van der Waals surface area contributed by atoms with Crippen LogP contribution in [0.3, 0.4) is 0 Å². The normalized spacial score (nSPS) is 19.9. The molecule has 3 rings (SSSR count). The van der Waals surface area contributed by atoms with Gasteiger partial charge in [0.1, 0.15) is 12.4 Å². The molecule has 0 unspecified atom stereocenters. The molecule has 4 nitrogen and oxygen atoms in total. The zero-order valence-electron chi connectivity index (χ0n) is 12.3. The predicted octanol–water partition coefficient (Wildman–Crippen LogP) is 1.70. The topological polar surface area (TPSA) is 41.6 Å². The van der Waals surface area contributed by atoms with Crippen LogP contribution < -0.4 is 5.32 Å². The van der Waals surface area contributed by atoms with Crippen molar-refractivity contribution in [1.29, 1.82) is 0 Å². The Bertz CT molecular complexity index is 527. The van der Waals surface area contributed by atoms with Crippen molar-refractivity contribution in [3.05, 3.63) is 35.6 Å². The standard InChI is InChI=1S/C16H21FN2O2/c1-16(10-18-11-16)21-9-15(20)19(13-6-7-13)8-12-4-2-3-5-14(12)17/h2-5,13,18H,6-11H2,1H3. The van der Waals surface area contributed by atoms with Crippen LogP contribution in [0.2, 0.25) is 0 Å². The first kappa shape index (κ1) is 14.5. The van der Waals surface area contributed by atoms with E-state index in [0.717, 1.165) is 25.9 Å². The van der Waals surface area contributed by atoms with Crippen molar-refractivity contribution in [3.63, 3.8) is 0 Å². The summed E-state index contributed by atoms with van der Waals surface area (Å²) < 4.78 is 19.5. The quantitative estimate of drug-likeness (QED) is 0.867. The average molecular weight is 292 g/mol. The molecule has 1 aromatic carbocycles. The fourth-order valence-electron chi connectivity index (χ4n) is 2.52. The van der Waals surface area contributed by atoms with Gasteiger partial charge in [-0.25, -0.2) is 4.39 Å². The molecule has 1 saturated carbocycles. The van der Waals surface area contributed by atoms with Crippen molar-refractivity contribution in [2.24, 2.45) is 0 Å². The summed E-state index contributed by atoms with van der Waals surface area (Å²) in [7, 11) is 0. The maximum absolute atomic E-state index is 13.8. The molecule has 0 radical (unpaired) electrons. The largest absolute Gasteiger partial charge is 0.363 e. The zero-order valence-corrected chi connectivity index (χ0v) is 12.3. The first-order valence-corrected chi connectivity index (χ1v) is 7.45. The number of halogens is 1. The molecule has 1 aromatic rings. The van der Waals surface area contributed by atoms with Gasteiger partial charge in [-0.2, -0.15) is 0 Å². The highest BCUT2D eigenvalue weighted by Crippen LogP contribution is 2.29. The van der Waals surface area contributed by atoms with Gasteiger partial charge in [-0.05, 0) is 25.8 Å². The Morgan fingerprint density at radius 1 is 1.43 bits per heavy atom. The Kier molecular flexibility index (Phi) is 3.95. The molecule has 0 aromatic heterocycles. The Labute approximate surface area is 124 Å². The highest BCUT2D eigenvalue weighted by molar-refractivity contribution is 5.78. The second-order valence-electron chi connectivity index (χ2n) is 6.19. The summed E-state index contributed by atoms with van der Waals surface area (Å²) in [4.78, 5) is 14.1. The predicted molar refractivity (Wildman–Crippen MR) is 77.2 cm³/mol. The fraction of sp³-hybridized carbons (Fsp3) is 0.562. The highest BCUT2D eigenvalue weighted by Gasteiger charge is 2.36. The molecule has 114 valence electrons. The van der Waals surface area contributed by atoms with Crippen molar-refractivity contribution in [2.75, 3.05) is 19.7 Å². The summed E-state index contributed by atoms with van der Waals surface area (Å²) in [6, 6.07) is 6.87. The van der Waals surface area contributed by atoms with Gasteiger partial charge in [0.2, 0.25) is 5.91 Å². The van der Waals surface area contributed by atoms with Crippen LogP contribution in [0.5, 0.6) is 0 Å². The van der Waals surface area contributed by atoms with Gasteiger partial charge in [0.05, 0.1) is 5.60 Å². The summed E-state index contributed by atoms with van der Waals surface area (Å²) in [6.07, 6.45) is 2.00. The highest BCUT2D eigenvalue weighted by atomic mass is 19.1. The molecule has 1 aliphatic carbocycles. The van der Waals surface area contributed by atoms with Gasteiger partial charge in [-0.15, -0.1) is 0 Å². The average Bonchev–Trinajstić information content (AvgIpc) is 3.26. The molecule has 2 fully saturated rings. The van der Waals surface area contributed by atoms with Crippen LogP contribution in [0.1, 0.15) is 25.3 Å². The van der Waals surface area contributed by atoms with Crippen molar-refractivity contribution in [3.8, 4) is 0 Å². The molecule has 2 aliphatic rings. The molecule has 1 heterocycles. The van der Waals surface area contributed by atoms with Gasteiger partial charge in [-0.1, -0.05) is 18.2 Å². The Hall–Kier alpha value is -1.46. The number of carbonyl (C=O) groups excluding carboxylic acids is 1. The number of rotatable bonds is 6.